The van der Waals surface area contributed by atoms with E-state index in [0.717, 1.165) is 0 Å². The lowest BCUT2D eigenvalue weighted by Gasteiger charge is -2.33. The smallest absolute Gasteiger partial charge is 0.407 e. The average Bonchev–Trinajstić information content (AvgIpc) is 2.81. The fourth-order valence-corrected chi connectivity index (χ4v) is 4.08. The molecule has 11 heteroatoms. The molecule has 198 valence electrons. The number of imide groups is 1. The van der Waals surface area contributed by atoms with Crippen molar-refractivity contribution in [3.8, 4) is 11.5 Å². The van der Waals surface area contributed by atoms with Crippen LogP contribution in [0.1, 0.15) is 52.9 Å². The molecule has 0 radical (unpaired) electrons. The first-order valence-electron chi connectivity index (χ1n) is 12.2. The summed E-state index contributed by atoms with van der Waals surface area (Å²) in [5.74, 6) is 0.779. The number of piperidine rings is 1. The molecule has 0 bridgehead atoms. The van der Waals surface area contributed by atoms with Crippen LogP contribution in [0.2, 0.25) is 0 Å². The topological polar surface area (TPSA) is 127 Å². The van der Waals surface area contributed by atoms with Crippen LogP contribution in [0.15, 0.2) is 18.2 Å². The number of carbonyl (C=O) groups is 4. The van der Waals surface area contributed by atoms with Gasteiger partial charge in [-0.25, -0.2) is 9.59 Å². The molecule has 5 amide bonds. The van der Waals surface area contributed by atoms with Gasteiger partial charge in [0.05, 0.1) is 19.4 Å². The monoisotopic (exact) mass is 504 g/mol. The number of alkyl carbamates (subject to hydrolysis) is 1. The third-order valence-corrected chi connectivity index (χ3v) is 5.87. The molecule has 0 atom stereocenters. The zero-order chi connectivity index (χ0) is 26.3. The normalized spacial score (nSPS) is 16.9. The Kier molecular flexibility index (Phi) is 9.00. The molecule has 2 saturated heterocycles. The zero-order valence-corrected chi connectivity index (χ0v) is 21.4. The largest absolute Gasteiger partial charge is 0.494 e. The molecule has 0 aromatic heterocycles. The quantitative estimate of drug-likeness (QED) is 0.521. The fraction of sp³-hybridized carbons (Fsp3) is 0.600. The number of hydrogen-bond acceptors (Lipinski definition) is 7. The van der Waals surface area contributed by atoms with E-state index in [1.54, 1.807) is 18.2 Å². The summed E-state index contributed by atoms with van der Waals surface area (Å²) in [7, 11) is 1.50. The molecule has 1 aromatic carbocycles. The third-order valence-electron chi connectivity index (χ3n) is 5.87. The van der Waals surface area contributed by atoms with Crippen molar-refractivity contribution in [2.24, 2.45) is 0 Å². The molecule has 2 fully saturated rings. The number of benzene rings is 1. The van der Waals surface area contributed by atoms with Crippen molar-refractivity contribution >= 4 is 29.6 Å². The maximum absolute atomic E-state index is 12.6. The highest BCUT2D eigenvalue weighted by Gasteiger charge is 2.27. The van der Waals surface area contributed by atoms with Gasteiger partial charge in [0, 0.05) is 44.6 Å². The van der Waals surface area contributed by atoms with Crippen molar-refractivity contribution in [3.05, 3.63) is 18.2 Å². The number of nitrogens with one attached hydrogen (secondary N) is 2. The minimum Gasteiger partial charge on any atom is -0.494 e. The Balaban J connectivity index is 1.39. The van der Waals surface area contributed by atoms with Gasteiger partial charge in [-0.2, -0.15) is 0 Å². The lowest BCUT2D eigenvalue weighted by atomic mass is 10.0. The van der Waals surface area contributed by atoms with Gasteiger partial charge in [0.2, 0.25) is 11.8 Å². The highest BCUT2D eigenvalue weighted by Crippen LogP contribution is 2.33. The Hall–Kier alpha value is -3.50. The molecular formula is C25H36N4O7. The van der Waals surface area contributed by atoms with E-state index in [2.05, 4.69) is 10.6 Å². The second-order valence-electron chi connectivity index (χ2n) is 9.84. The van der Waals surface area contributed by atoms with E-state index in [9.17, 15) is 19.2 Å². The lowest BCUT2D eigenvalue weighted by molar-refractivity contribution is -0.132. The van der Waals surface area contributed by atoms with E-state index in [-0.39, 0.29) is 30.8 Å². The maximum Gasteiger partial charge on any atom is 0.407 e. The van der Waals surface area contributed by atoms with Crippen LogP contribution in [-0.4, -0.2) is 73.8 Å². The maximum atomic E-state index is 12.6. The summed E-state index contributed by atoms with van der Waals surface area (Å²) in [5, 5.41) is 5.17. The van der Waals surface area contributed by atoms with Crippen LogP contribution in [-0.2, 0) is 14.3 Å². The summed E-state index contributed by atoms with van der Waals surface area (Å²) in [6.45, 7) is 7.28. The molecule has 1 aromatic rings. The highest BCUT2D eigenvalue weighted by molar-refractivity contribution is 6.06. The summed E-state index contributed by atoms with van der Waals surface area (Å²) < 4.78 is 16.5. The first kappa shape index (κ1) is 27.1. The molecule has 2 N–H and O–H groups in total. The van der Waals surface area contributed by atoms with Gasteiger partial charge in [-0.1, -0.05) is 0 Å². The van der Waals surface area contributed by atoms with E-state index in [1.165, 1.54) is 12.0 Å². The van der Waals surface area contributed by atoms with E-state index >= 15 is 0 Å². The molecule has 3 rings (SSSR count). The molecule has 2 heterocycles. The summed E-state index contributed by atoms with van der Waals surface area (Å²) in [6.07, 6.45) is 2.09. The first-order chi connectivity index (χ1) is 17.1. The summed E-state index contributed by atoms with van der Waals surface area (Å²) in [5.41, 5.74) is 0.0103. The highest BCUT2D eigenvalue weighted by atomic mass is 16.6. The third kappa shape index (κ3) is 7.76. The summed E-state index contributed by atoms with van der Waals surface area (Å²) in [4.78, 5) is 51.3. The molecule has 11 nitrogen and oxygen atoms in total. The molecule has 2 aliphatic heterocycles. The van der Waals surface area contributed by atoms with Crippen molar-refractivity contribution < 1.29 is 33.4 Å². The van der Waals surface area contributed by atoms with Crippen molar-refractivity contribution in [1.82, 2.24) is 15.5 Å². The minimum absolute atomic E-state index is 0.00156. The van der Waals surface area contributed by atoms with Crippen LogP contribution in [0.5, 0.6) is 11.5 Å². The SMILES string of the molecule is COc1cc(OCCCC(=O)N2CCC(NC(=O)OC(C)(C)C)CC2)ccc1N1CCC(=O)NC1=O. The summed E-state index contributed by atoms with van der Waals surface area (Å²) in [6, 6.07) is 4.64. The predicted molar refractivity (Wildman–Crippen MR) is 132 cm³/mol. The van der Waals surface area contributed by atoms with E-state index in [0.29, 0.717) is 62.6 Å². The van der Waals surface area contributed by atoms with E-state index in [1.807, 2.05) is 25.7 Å². The first-order valence-corrected chi connectivity index (χ1v) is 12.2. The Morgan fingerprint density at radius 2 is 1.86 bits per heavy atom. The predicted octanol–water partition coefficient (Wildman–Crippen LogP) is 2.82. The van der Waals surface area contributed by atoms with Gasteiger partial charge in [-0.05, 0) is 52.2 Å². The second-order valence-corrected chi connectivity index (χ2v) is 9.84. The number of anilines is 1. The van der Waals surface area contributed by atoms with Crippen molar-refractivity contribution in [2.45, 2.75) is 64.5 Å². The number of rotatable bonds is 8. The van der Waals surface area contributed by atoms with Crippen molar-refractivity contribution in [1.29, 1.82) is 0 Å². The average molecular weight is 505 g/mol. The Labute approximate surface area is 211 Å². The standard InChI is InChI=1S/C25H36N4O7/c1-25(2,3)36-24(33)26-17-9-12-28(13-10-17)22(31)6-5-15-35-18-7-8-19(20(16-18)34-4)29-14-11-21(30)27-23(29)32/h7-8,16-17H,5-6,9-15H2,1-4H3,(H,26,33)(H,27,30,32). The molecule has 0 spiro atoms. The van der Waals surface area contributed by atoms with Crippen LogP contribution in [0.3, 0.4) is 0 Å². The van der Waals surface area contributed by atoms with Gasteiger partial charge in [0.25, 0.3) is 0 Å². The van der Waals surface area contributed by atoms with E-state index < -0.39 is 17.7 Å². The number of carbonyl (C=O) groups excluding carboxylic acids is 4. The molecule has 0 aliphatic carbocycles. The second kappa shape index (κ2) is 12.0. The fourth-order valence-electron chi connectivity index (χ4n) is 4.08. The van der Waals surface area contributed by atoms with Gasteiger partial charge in [0.1, 0.15) is 17.1 Å². The Morgan fingerprint density at radius 1 is 1.14 bits per heavy atom. The number of hydrogen-bond donors (Lipinski definition) is 2. The zero-order valence-electron chi connectivity index (χ0n) is 21.4. The van der Waals surface area contributed by atoms with Gasteiger partial charge in [0.15, 0.2) is 0 Å². The number of amides is 5. The van der Waals surface area contributed by atoms with Gasteiger partial charge in [-0.15, -0.1) is 0 Å². The van der Waals surface area contributed by atoms with Crippen LogP contribution in [0.25, 0.3) is 0 Å². The molecule has 2 aliphatic rings. The molecule has 0 saturated carbocycles. The van der Waals surface area contributed by atoms with Crippen molar-refractivity contribution in [3.63, 3.8) is 0 Å². The van der Waals surface area contributed by atoms with Crippen molar-refractivity contribution in [2.75, 3.05) is 38.3 Å². The minimum atomic E-state index is -0.540. The Bertz CT molecular complexity index is 968. The molecular weight excluding hydrogens is 468 g/mol. The van der Waals surface area contributed by atoms with Gasteiger partial charge in [-0.3, -0.25) is 19.8 Å². The number of methoxy groups -OCH3 is 1. The van der Waals surface area contributed by atoms with Gasteiger partial charge < -0.3 is 24.4 Å². The number of urea groups is 1. The van der Waals surface area contributed by atoms with Crippen LogP contribution >= 0.6 is 0 Å². The number of ether oxygens (including phenoxy) is 3. The van der Waals surface area contributed by atoms with E-state index in [4.69, 9.17) is 14.2 Å². The summed E-state index contributed by atoms with van der Waals surface area (Å²) >= 11 is 0. The lowest BCUT2D eigenvalue weighted by Crippen LogP contribution is -2.49. The Morgan fingerprint density at radius 3 is 2.50 bits per heavy atom. The van der Waals surface area contributed by atoms with Crippen LogP contribution in [0.4, 0.5) is 15.3 Å². The van der Waals surface area contributed by atoms with Crippen LogP contribution in [0, 0.1) is 0 Å². The van der Waals surface area contributed by atoms with Crippen LogP contribution < -0.4 is 25.0 Å². The number of nitrogens with zero attached hydrogens (tertiary/aromatic N) is 2. The molecule has 0 unspecified atom stereocenters. The molecule has 36 heavy (non-hydrogen) atoms. The number of likely N-dealkylation sites (tertiary alicyclic amines) is 1. The van der Waals surface area contributed by atoms with Gasteiger partial charge >= 0.3 is 12.1 Å².